The normalized spacial score (nSPS) is 10.3. The van der Waals surface area contributed by atoms with E-state index in [1.165, 1.54) is 6.07 Å². The average molecular weight is 284 g/mol. The molecule has 0 unspecified atom stereocenters. The quantitative estimate of drug-likeness (QED) is 0.675. The zero-order valence-electron chi connectivity index (χ0n) is 8.93. The molecule has 1 heterocycles. The number of nitrogens with zero attached hydrogens (tertiary/aromatic N) is 2. The van der Waals surface area contributed by atoms with Gasteiger partial charge in [-0.2, -0.15) is 0 Å². The number of nitro groups is 1. The number of anilines is 1. The summed E-state index contributed by atoms with van der Waals surface area (Å²) in [6, 6.07) is 6.13. The lowest BCUT2D eigenvalue weighted by Gasteiger charge is -2.06. The van der Waals surface area contributed by atoms with Gasteiger partial charge in [0.1, 0.15) is 12.0 Å². The van der Waals surface area contributed by atoms with Crippen molar-refractivity contribution < 1.29 is 4.92 Å². The summed E-state index contributed by atoms with van der Waals surface area (Å²) < 4.78 is 0. The van der Waals surface area contributed by atoms with E-state index >= 15 is 0 Å². The standard InChI is InChI=1S/C11H7Cl2N3O2/c12-7-1-6(2-8(13)3-7)10-4-9(16(17)18)5-15-11(10)14/h1-5H,(H2,14,15). The summed E-state index contributed by atoms with van der Waals surface area (Å²) in [6.45, 7) is 0. The highest BCUT2D eigenvalue weighted by atomic mass is 35.5. The summed E-state index contributed by atoms with van der Waals surface area (Å²) in [5.41, 5.74) is 6.57. The van der Waals surface area contributed by atoms with Crippen molar-refractivity contribution in [3.05, 3.63) is 50.6 Å². The Hall–Kier alpha value is -1.85. The molecule has 2 N–H and O–H groups in total. The van der Waals surface area contributed by atoms with Crippen molar-refractivity contribution in [2.45, 2.75) is 0 Å². The smallest absolute Gasteiger partial charge is 0.288 e. The van der Waals surface area contributed by atoms with Crippen molar-refractivity contribution in [1.29, 1.82) is 0 Å². The van der Waals surface area contributed by atoms with Gasteiger partial charge in [0.05, 0.1) is 4.92 Å². The second-order valence-corrected chi connectivity index (χ2v) is 4.41. The fourth-order valence-electron chi connectivity index (χ4n) is 1.50. The summed E-state index contributed by atoms with van der Waals surface area (Å²) >= 11 is 11.8. The van der Waals surface area contributed by atoms with Gasteiger partial charge in [0, 0.05) is 21.7 Å². The third-order valence-corrected chi connectivity index (χ3v) is 2.72. The fourth-order valence-corrected chi connectivity index (χ4v) is 2.03. The lowest BCUT2D eigenvalue weighted by Crippen LogP contribution is -1.97. The van der Waals surface area contributed by atoms with Crippen LogP contribution in [0.4, 0.5) is 11.5 Å². The second-order valence-electron chi connectivity index (χ2n) is 3.54. The molecule has 0 atom stereocenters. The lowest BCUT2D eigenvalue weighted by molar-refractivity contribution is -0.385. The maximum absolute atomic E-state index is 10.7. The molecule has 0 radical (unpaired) electrons. The Labute approximate surface area is 112 Å². The molecule has 2 rings (SSSR count). The number of hydrogen-bond donors (Lipinski definition) is 1. The molecule has 1 aromatic heterocycles. The Morgan fingerprint density at radius 1 is 1.17 bits per heavy atom. The minimum atomic E-state index is -0.540. The zero-order chi connectivity index (χ0) is 13.3. The molecule has 0 bridgehead atoms. The van der Waals surface area contributed by atoms with Crippen molar-refractivity contribution >= 4 is 34.7 Å². The van der Waals surface area contributed by atoms with E-state index in [0.29, 0.717) is 21.2 Å². The van der Waals surface area contributed by atoms with Crippen molar-refractivity contribution in [3.63, 3.8) is 0 Å². The molecule has 0 aliphatic carbocycles. The van der Waals surface area contributed by atoms with Crippen molar-refractivity contribution in [2.75, 3.05) is 5.73 Å². The number of hydrogen-bond acceptors (Lipinski definition) is 4. The predicted octanol–water partition coefficient (Wildman–Crippen LogP) is 3.55. The van der Waals surface area contributed by atoms with Gasteiger partial charge < -0.3 is 5.73 Å². The lowest BCUT2D eigenvalue weighted by atomic mass is 10.1. The van der Waals surface area contributed by atoms with Crippen LogP contribution >= 0.6 is 23.2 Å². The van der Waals surface area contributed by atoms with Crippen LogP contribution in [0.5, 0.6) is 0 Å². The molecule has 0 aliphatic rings. The van der Waals surface area contributed by atoms with Gasteiger partial charge in [-0.15, -0.1) is 0 Å². The van der Waals surface area contributed by atoms with Crippen LogP contribution in [0, 0.1) is 10.1 Å². The molecule has 0 amide bonds. The molecule has 5 nitrogen and oxygen atoms in total. The van der Waals surface area contributed by atoms with E-state index in [1.54, 1.807) is 18.2 Å². The monoisotopic (exact) mass is 283 g/mol. The average Bonchev–Trinajstić information content (AvgIpc) is 2.27. The van der Waals surface area contributed by atoms with Crippen LogP contribution in [0.25, 0.3) is 11.1 Å². The number of pyridine rings is 1. The zero-order valence-corrected chi connectivity index (χ0v) is 10.4. The van der Waals surface area contributed by atoms with E-state index in [-0.39, 0.29) is 11.5 Å². The van der Waals surface area contributed by atoms with Crippen LogP contribution in [0.15, 0.2) is 30.5 Å². The maximum atomic E-state index is 10.7. The van der Waals surface area contributed by atoms with Gasteiger partial charge in [0.15, 0.2) is 0 Å². The van der Waals surface area contributed by atoms with Crippen LogP contribution < -0.4 is 5.73 Å². The van der Waals surface area contributed by atoms with Crippen LogP contribution in [0.1, 0.15) is 0 Å². The van der Waals surface area contributed by atoms with Gasteiger partial charge in [-0.1, -0.05) is 23.2 Å². The summed E-state index contributed by atoms with van der Waals surface area (Å²) in [5, 5.41) is 11.5. The van der Waals surface area contributed by atoms with Crippen molar-refractivity contribution in [2.24, 2.45) is 0 Å². The predicted molar refractivity (Wildman–Crippen MR) is 70.8 cm³/mol. The van der Waals surface area contributed by atoms with E-state index in [1.807, 2.05) is 0 Å². The largest absolute Gasteiger partial charge is 0.383 e. The third-order valence-electron chi connectivity index (χ3n) is 2.29. The van der Waals surface area contributed by atoms with Crippen LogP contribution in [-0.2, 0) is 0 Å². The molecule has 92 valence electrons. The molecule has 0 fully saturated rings. The van der Waals surface area contributed by atoms with Gasteiger partial charge >= 0.3 is 0 Å². The van der Waals surface area contributed by atoms with E-state index in [0.717, 1.165) is 6.20 Å². The maximum Gasteiger partial charge on any atom is 0.288 e. The molecule has 0 saturated heterocycles. The molecule has 0 aliphatic heterocycles. The van der Waals surface area contributed by atoms with Crippen LogP contribution in [-0.4, -0.2) is 9.91 Å². The Kier molecular flexibility index (Phi) is 3.36. The van der Waals surface area contributed by atoms with Crippen molar-refractivity contribution in [1.82, 2.24) is 4.98 Å². The first-order valence-corrected chi connectivity index (χ1v) is 5.59. The summed E-state index contributed by atoms with van der Waals surface area (Å²) in [6.07, 6.45) is 1.10. The summed E-state index contributed by atoms with van der Waals surface area (Å²) in [7, 11) is 0. The molecular formula is C11H7Cl2N3O2. The molecule has 0 spiro atoms. The number of benzene rings is 1. The molecule has 1 aromatic carbocycles. The van der Waals surface area contributed by atoms with Crippen LogP contribution in [0.2, 0.25) is 10.0 Å². The first-order chi connectivity index (χ1) is 8.47. The first kappa shape index (κ1) is 12.6. The topological polar surface area (TPSA) is 82.0 Å². The highest BCUT2D eigenvalue weighted by Gasteiger charge is 2.13. The highest BCUT2D eigenvalue weighted by molar-refractivity contribution is 6.35. The van der Waals surface area contributed by atoms with E-state index in [9.17, 15) is 10.1 Å². The molecule has 0 saturated carbocycles. The van der Waals surface area contributed by atoms with Gasteiger partial charge in [0.2, 0.25) is 0 Å². The van der Waals surface area contributed by atoms with E-state index in [2.05, 4.69) is 4.98 Å². The van der Waals surface area contributed by atoms with Gasteiger partial charge in [-0.05, 0) is 23.8 Å². The Bertz CT molecular complexity index is 611. The van der Waals surface area contributed by atoms with Gasteiger partial charge in [0.25, 0.3) is 5.69 Å². The molecule has 7 heteroatoms. The number of rotatable bonds is 2. The second kappa shape index (κ2) is 4.80. The molecule has 2 aromatic rings. The van der Waals surface area contributed by atoms with Crippen LogP contribution in [0.3, 0.4) is 0 Å². The summed E-state index contributed by atoms with van der Waals surface area (Å²) in [5.74, 6) is 0.180. The number of halogens is 2. The Morgan fingerprint density at radius 2 is 1.78 bits per heavy atom. The third kappa shape index (κ3) is 2.52. The Balaban J connectivity index is 2.62. The summed E-state index contributed by atoms with van der Waals surface area (Å²) in [4.78, 5) is 13.9. The van der Waals surface area contributed by atoms with Crippen molar-refractivity contribution in [3.8, 4) is 11.1 Å². The minimum Gasteiger partial charge on any atom is -0.383 e. The highest BCUT2D eigenvalue weighted by Crippen LogP contribution is 2.31. The fraction of sp³-hybridized carbons (Fsp3) is 0. The number of nitrogen functional groups attached to an aromatic ring is 1. The number of aromatic nitrogens is 1. The Morgan fingerprint density at radius 3 is 2.33 bits per heavy atom. The van der Waals surface area contributed by atoms with E-state index in [4.69, 9.17) is 28.9 Å². The molecular weight excluding hydrogens is 277 g/mol. The SMILES string of the molecule is Nc1ncc([N+](=O)[O-])cc1-c1cc(Cl)cc(Cl)c1. The number of nitrogens with two attached hydrogens (primary N) is 1. The minimum absolute atomic E-state index is 0.143. The molecule has 18 heavy (non-hydrogen) atoms. The van der Waals surface area contributed by atoms with Gasteiger partial charge in [-0.25, -0.2) is 4.98 Å². The first-order valence-electron chi connectivity index (χ1n) is 4.84. The van der Waals surface area contributed by atoms with E-state index < -0.39 is 4.92 Å². The van der Waals surface area contributed by atoms with Gasteiger partial charge in [-0.3, -0.25) is 10.1 Å².